The van der Waals surface area contributed by atoms with E-state index in [-0.39, 0.29) is 4.90 Å². The Morgan fingerprint density at radius 2 is 1.85 bits per heavy atom. The van der Waals surface area contributed by atoms with Gasteiger partial charge in [0, 0.05) is 15.6 Å². The third-order valence-corrected chi connectivity index (χ3v) is 3.52. The highest BCUT2D eigenvalue weighted by molar-refractivity contribution is 8.14. The number of rotatable bonds is 2. The monoisotopic (exact) mass is 239 g/mol. The first-order chi connectivity index (χ1) is 5.93. The molecule has 0 aromatic heterocycles. The Morgan fingerprint density at radius 3 is 2.23 bits per heavy atom. The molecule has 0 aliphatic heterocycles. The van der Waals surface area contributed by atoms with Crippen LogP contribution in [0, 0.1) is 0 Å². The molecule has 0 amide bonds. The average Bonchev–Trinajstić information content (AvgIpc) is 2.03. The van der Waals surface area contributed by atoms with Crippen LogP contribution in [0.2, 0.25) is 0 Å². The van der Waals surface area contributed by atoms with Crippen molar-refractivity contribution in [2.45, 2.75) is 9.79 Å². The number of halogens is 1. The zero-order valence-electron chi connectivity index (χ0n) is 6.14. The van der Waals surface area contributed by atoms with Crippen molar-refractivity contribution in [3.05, 3.63) is 24.3 Å². The molecule has 0 N–H and O–H groups in total. The first-order valence-corrected chi connectivity index (χ1v) is 6.44. The van der Waals surface area contributed by atoms with Crippen molar-refractivity contribution in [2.75, 3.05) is 0 Å². The van der Waals surface area contributed by atoms with Gasteiger partial charge in [-0.25, -0.2) is 8.42 Å². The minimum Gasteiger partial charge on any atom is -0.768 e. The van der Waals surface area contributed by atoms with Crippen molar-refractivity contribution >= 4 is 30.8 Å². The van der Waals surface area contributed by atoms with E-state index >= 15 is 0 Å². The van der Waals surface area contributed by atoms with Crippen LogP contribution in [0.4, 0.5) is 0 Å². The van der Waals surface area contributed by atoms with Gasteiger partial charge in [-0.15, -0.1) is 0 Å². The van der Waals surface area contributed by atoms with Crippen LogP contribution < -0.4 is 0 Å². The van der Waals surface area contributed by atoms with Crippen molar-refractivity contribution in [1.82, 2.24) is 0 Å². The number of hydrogen-bond donors (Lipinski definition) is 0. The van der Waals surface area contributed by atoms with Gasteiger partial charge in [0.2, 0.25) is 0 Å². The lowest BCUT2D eigenvalue weighted by molar-refractivity contribution is 0.533. The molecule has 4 nitrogen and oxygen atoms in total. The lowest BCUT2D eigenvalue weighted by Gasteiger charge is -2.08. The van der Waals surface area contributed by atoms with E-state index in [2.05, 4.69) is 0 Å². The fourth-order valence-electron chi connectivity index (χ4n) is 0.789. The fourth-order valence-corrected chi connectivity index (χ4v) is 2.83. The van der Waals surface area contributed by atoms with Gasteiger partial charge in [-0.05, 0) is 23.2 Å². The van der Waals surface area contributed by atoms with Gasteiger partial charge in [0.1, 0.15) is 0 Å². The predicted octanol–water partition coefficient (Wildman–Crippen LogP) is 0.852. The molecule has 1 aromatic carbocycles. The van der Waals surface area contributed by atoms with E-state index in [4.69, 9.17) is 10.7 Å². The van der Waals surface area contributed by atoms with Gasteiger partial charge in [0.05, 0.1) is 4.90 Å². The molecule has 1 aromatic rings. The Kier molecular flexibility index (Phi) is 3.07. The normalized spacial score (nSPS) is 14.0. The van der Waals surface area contributed by atoms with Crippen molar-refractivity contribution in [1.29, 1.82) is 0 Å². The first-order valence-electron chi connectivity index (χ1n) is 3.06. The molecule has 1 atom stereocenters. The van der Waals surface area contributed by atoms with Gasteiger partial charge in [-0.2, -0.15) is 0 Å². The minimum atomic E-state index is -4.00. The molecule has 72 valence electrons. The maximum atomic E-state index is 10.9. The predicted molar refractivity (Wildman–Crippen MR) is 46.7 cm³/mol. The standard InChI is InChI=1S/C6H5ClO4S2/c7-13(10,11)6-4-2-1-3-5(6)12(8)9/h1-4H,(H,8,9)/p-1. The van der Waals surface area contributed by atoms with Crippen LogP contribution in [-0.2, 0) is 20.1 Å². The van der Waals surface area contributed by atoms with Crippen molar-refractivity contribution in [3.63, 3.8) is 0 Å². The molecule has 0 saturated carbocycles. The Labute approximate surface area is 82.2 Å². The molecular weight excluding hydrogens is 236 g/mol. The molecule has 1 rings (SSSR count). The highest BCUT2D eigenvalue weighted by Gasteiger charge is 2.14. The van der Waals surface area contributed by atoms with Crippen LogP contribution in [0.5, 0.6) is 0 Å². The molecule has 0 fully saturated rings. The maximum Gasteiger partial charge on any atom is 0.262 e. The summed E-state index contributed by atoms with van der Waals surface area (Å²) in [6, 6.07) is 5.11. The van der Waals surface area contributed by atoms with Gasteiger partial charge in [-0.3, -0.25) is 4.21 Å². The van der Waals surface area contributed by atoms with Crippen molar-refractivity contribution in [3.8, 4) is 0 Å². The van der Waals surface area contributed by atoms with E-state index in [9.17, 15) is 17.2 Å². The third-order valence-electron chi connectivity index (χ3n) is 1.29. The minimum absolute atomic E-state index is 0.322. The Hall–Kier alpha value is -0.430. The molecule has 0 spiro atoms. The smallest absolute Gasteiger partial charge is 0.262 e. The molecule has 0 aliphatic carbocycles. The van der Waals surface area contributed by atoms with Crippen LogP contribution in [0.3, 0.4) is 0 Å². The van der Waals surface area contributed by atoms with Crippen LogP contribution in [0.25, 0.3) is 0 Å². The molecule has 7 heteroatoms. The molecular formula is C6H4ClO4S2-. The third kappa shape index (κ3) is 2.50. The van der Waals surface area contributed by atoms with Crippen molar-refractivity contribution in [2.24, 2.45) is 0 Å². The quantitative estimate of drug-likeness (QED) is 0.567. The zero-order chi connectivity index (χ0) is 10.1. The van der Waals surface area contributed by atoms with Crippen LogP contribution in [0.1, 0.15) is 0 Å². The average molecular weight is 240 g/mol. The second kappa shape index (κ2) is 3.75. The summed E-state index contributed by atoms with van der Waals surface area (Å²) in [5.74, 6) is 0. The Balaban J connectivity index is 3.46. The Morgan fingerprint density at radius 1 is 1.31 bits per heavy atom. The molecule has 13 heavy (non-hydrogen) atoms. The lowest BCUT2D eigenvalue weighted by Crippen LogP contribution is -1.99. The summed E-state index contributed by atoms with van der Waals surface area (Å²) in [4.78, 5) is -0.720. The summed E-state index contributed by atoms with van der Waals surface area (Å²) in [6.45, 7) is 0. The zero-order valence-corrected chi connectivity index (χ0v) is 8.53. The summed E-state index contributed by atoms with van der Waals surface area (Å²) < 4.78 is 42.8. The number of benzene rings is 1. The molecule has 0 heterocycles. The van der Waals surface area contributed by atoms with E-state index < -0.39 is 25.0 Å². The van der Waals surface area contributed by atoms with E-state index in [0.29, 0.717) is 0 Å². The Bertz CT molecular complexity index is 440. The van der Waals surface area contributed by atoms with Gasteiger partial charge < -0.3 is 4.55 Å². The molecule has 0 saturated heterocycles. The van der Waals surface area contributed by atoms with E-state index in [1.807, 2.05) is 0 Å². The van der Waals surface area contributed by atoms with Gasteiger partial charge in [0.25, 0.3) is 9.05 Å². The van der Waals surface area contributed by atoms with E-state index in [0.717, 1.165) is 6.07 Å². The summed E-state index contributed by atoms with van der Waals surface area (Å²) in [6.07, 6.45) is 0. The topological polar surface area (TPSA) is 74.3 Å². The largest absolute Gasteiger partial charge is 0.768 e. The second-order valence-corrected chi connectivity index (χ2v) is 5.56. The van der Waals surface area contributed by atoms with E-state index in [1.54, 1.807) is 0 Å². The highest BCUT2D eigenvalue weighted by atomic mass is 35.7. The van der Waals surface area contributed by atoms with E-state index in [1.165, 1.54) is 18.2 Å². The summed E-state index contributed by atoms with van der Waals surface area (Å²) in [7, 11) is 1.01. The second-order valence-electron chi connectivity index (χ2n) is 2.12. The maximum absolute atomic E-state index is 10.9. The SMILES string of the molecule is O=S([O-])c1ccccc1S(=O)(=O)Cl. The number of hydrogen-bond acceptors (Lipinski definition) is 4. The summed E-state index contributed by atoms with van der Waals surface area (Å²) in [5, 5.41) is 0. The molecule has 0 bridgehead atoms. The van der Waals surface area contributed by atoms with Crippen LogP contribution in [-0.4, -0.2) is 17.2 Å². The molecule has 0 aliphatic rings. The van der Waals surface area contributed by atoms with Crippen molar-refractivity contribution < 1.29 is 17.2 Å². The van der Waals surface area contributed by atoms with Crippen LogP contribution >= 0.6 is 10.7 Å². The lowest BCUT2D eigenvalue weighted by atomic mass is 10.4. The van der Waals surface area contributed by atoms with Crippen LogP contribution in [0.15, 0.2) is 34.1 Å². The summed E-state index contributed by atoms with van der Waals surface area (Å²) >= 11 is -2.60. The van der Waals surface area contributed by atoms with Gasteiger partial charge in [0.15, 0.2) is 0 Å². The molecule has 0 radical (unpaired) electrons. The van der Waals surface area contributed by atoms with Gasteiger partial charge >= 0.3 is 0 Å². The highest BCUT2D eigenvalue weighted by Crippen LogP contribution is 2.21. The summed E-state index contributed by atoms with van der Waals surface area (Å²) in [5.41, 5.74) is 0. The fraction of sp³-hybridized carbons (Fsp3) is 0. The molecule has 1 unspecified atom stereocenters. The first kappa shape index (κ1) is 10.6. The van der Waals surface area contributed by atoms with Gasteiger partial charge in [-0.1, -0.05) is 12.1 Å².